The first-order valence-electron chi connectivity index (χ1n) is 6.48. The van der Waals surface area contributed by atoms with Crippen molar-refractivity contribution in [3.63, 3.8) is 0 Å². The molecule has 0 amide bonds. The molecule has 2 aromatic carbocycles. The number of thiazole rings is 1. The summed E-state index contributed by atoms with van der Waals surface area (Å²) in [5, 5.41) is 4.20. The summed E-state index contributed by atoms with van der Waals surface area (Å²) >= 11 is 5.10. The van der Waals surface area contributed by atoms with Gasteiger partial charge in [0.1, 0.15) is 0 Å². The van der Waals surface area contributed by atoms with Crippen LogP contribution in [-0.2, 0) is 0 Å². The van der Waals surface area contributed by atoms with Crippen LogP contribution in [-0.4, -0.2) is 4.98 Å². The highest BCUT2D eigenvalue weighted by atomic mass is 79.9. The zero-order valence-corrected chi connectivity index (χ0v) is 13.8. The van der Waals surface area contributed by atoms with Crippen LogP contribution in [0.5, 0.6) is 0 Å². The lowest BCUT2D eigenvalue weighted by atomic mass is 10.1. The van der Waals surface area contributed by atoms with Crippen molar-refractivity contribution in [2.45, 2.75) is 6.92 Å². The minimum atomic E-state index is 0.756. The Morgan fingerprint density at radius 3 is 2.38 bits per heavy atom. The third kappa shape index (κ3) is 3.25. The van der Waals surface area contributed by atoms with Gasteiger partial charge in [0.2, 0.25) is 0 Å². The fourth-order valence-corrected chi connectivity index (χ4v) is 3.14. The maximum absolute atomic E-state index is 5.69. The van der Waals surface area contributed by atoms with Crippen molar-refractivity contribution in [1.82, 2.24) is 4.98 Å². The highest BCUT2D eigenvalue weighted by Crippen LogP contribution is 2.32. The number of halogens is 1. The van der Waals surface area contributed by atoms with Crippen molar-refractivity contribution in [2.24, 2.45) is 0 Å². The van der Waals surface area contributed by atoms with Gasteiger partial charge in [-0.15, -0.1) is 11.3 Å². The Morgan fingerprint density at radius 1 is 1.05 bits per heavy atom. The Morgan fingerprint density at radius 2 is 1.71 bits per heavy atom. The van der Waals surface area contributed by atoms with Gasteiger partial charge in [-0.05, 0) is 43.3 Å². The number of aryl methyl sites for hydroxylation is 1. The van der Waals surface area contributed by atoms with Crippen LogP contribution in [0.15, 0.2) is 53.0 Å². The molecule has 3 aromatic rings. The number of nitrogens with zero attached hydrogens (tertiary/aromatic N) is 1. The van der Waals surface area contributed by atoms with E-state index < -0.39 is 0 Å². The molecule has 0 spiro atoms. The van der Waals surface area contributed by atoms with E-state index in [4.69, 9.17) is 5.73 Å². The summed E-state index contributed by atoms with van der Waals surface area (Å²) in [5.74, 6) is 0. The number of hydrogen-bond donors (Lipinski definition) is 2. The molecule has 0 unspecified atom stereocenters. The lowest BCUT2D eigenvalue weighted by Crippen LogP contribution is -1.90. The molecule has 0 aliphatic rings. The zero-order chi connectivity index (χ0) is 14.8. The predicted molar refractivity (Wildman–Crippen MR) is 94.1 cm³/mol. The highest BCUT2D eigenvalue weighted by Gasteiger charge is 2.10. The Hall–Kier alpha value is -1.85. The lowest BCUT2D eigenvalue weighted by Gasteiger charge is -2.02. The number of nitrogens with two attached hydrogens (primary N) is 1. The fraction of sp³-hybridized carbons (Fsp3) is 0.0625. The second-order valence-electron chi connectivity index (χ2n) is 4.68. The first-order valence-corrected chi connectivity index (χ1v) is 8.09. The normalized spacial score (nSPS) is 10.6. The fourth-order valence-electron chi connectivity index (χ4n) is 2.02. The van der Waals surface area contributed by atoms with Gasteiger partial charge in [0.15, 0.2) is 5.13 Å². The van der Waals surface area contributed by atoms with Gasteiger partial charge in [-0.25, -0.2) is 4.98 Å². The number of anilines is 3. The van der Waals surface area contributed by atoms with E-state index in [0.717, 1.165) is 32.2 Å². The van der Waals surface area contributed by atoms with E-state index in [0.29, 0.717) is 0 Å². The Balaban J connectivity index is 1.87. The molecule has 0 saturated heterocycles. The molecule has 3 N–H and O–H groups in total. The van der Waals surface area contributed by atoms with Crippen molar-refractivity contribution >= 4 is 43.8 Å². The van der Waals surface area contributed by atoms with Gasteiger partial charge < -0.3 is 11.1 Å². The molecular weight excluding hydrogens is 346 g/mol. The number of aromatic nitrogens is 1. The largest absolute Gasteiger partial charge is 0.399 e. The second kappa shape index (κ2) is 5.87. The standard InChI is InChI=1S/C16H14BrN3S/c1-10-15(11-2-4-12(17)5-3-11)20-16(21-10)19-14-8-6-13(18)7-9-14/h2-9H,18H2,1H3,(H,19,20). The molecule has 0 aliphatic carbocycles. The molecular formula is C16H14BrN3S. The molecule has 21 heavy (non-hydrogen) atoms. The summed E-state index contributed by atoms with van der Waals surface area (Å²) in [5.41, 5.74) is 9.58. The molecule has 0 fully saturated rings. The van der Waals surface area contributed by atoms with Crippen molar-refractivity contribution in [2.75, 3.05) is 11.1 Å². The van der Waals surface area contributed by atoms with E-state index in [9.17, 15) is 0 Å². The Labute approximate surface area is 136 Å². The third-order valence-electron chi connectivity index (χ3n) is 3.08. The number of rotatable bonds is 3. The first-order chi connectivity index (χ1) is 10.1. The molecule has 0 bridgehead atoms. The van der Waals surface area contributed by atoms with Gasteiger partial charge in [-0.1, -0.05) is 28.1 Å². The van der Waals surface area contributed by atoms with Crippen LogP contribution in [0.1, 0.15) is 4.88 Å². The number of benzene rings is 2. The van der Waals surface area contributed by atoms with Crippen LogP contribution in [0.25, 0.3) is 11.3 Å². The monoisotopic (exact) mass is 359 g/mol. The molecule has 0 radical (unpaired) electrons. The molecule has 0 saturated carbocycles. The first kappa shape index (κ1) is 14.1. The summed E-state index contributed by atoms with van der Waals surface area (Å²) in [6.45, 7) is 2.09. The second-order valence-corrected chi connectivity index (χ2v) is 6.80. The molecule has 5 heteroatoms. The molecule has 1 aromatic heterocycles. The van der Waals surface area contributed by atoms with Crippen molar-refractivity contribution < 1.29 is 0 Å². The van der Waals surface area contributed by atoms with Crippen LogP contribution in [0, 0.1) is 6.92 Å². The topological polar surface area (TPSA) is 50.9 Å². The van der Waals surface area contributed by atoms with Gasteiger partial charge in [0.25, 0.3) is 0 Å². The van der Waals surface area contributed by atoms with E-state index in [-0.39, 0.29) is 0 Å². The SMILES string of the molecule is Cc1sc(Nc2ccc(N)cc2)nc1-c1ccc(Br)cc1. The van der Waals surface area contributed by atoms with Crippen molar-refractivity contribution in [1.29, 1.82) is 0 Å². The minimum absolute atomic E-state index is 0.756. The Kier molecular flexibility index (Phi) is 3.94. The summed E-state index contributed by atoms with van der Waals surface area (Å²) in [6, 6.07) is 15.8. The molecule has 3 rings (SSSR count). The average molecular weight is 360 g/mol. The van der Waals surface area contributed by atoms with Gasteiger partial charge in [-0.3, -0.25) is 0 Å². The van der Waals surface area contributed by atoms with Gasteiger partial charge in [0.05, 0.1) is 5.69 Å². The summed E-state index contributed by atoms with van der Waals surface area (Å²) in [4.78, 5) is 5.88. The highest BCUT2D eigenvalue weighted by molar-refractivity contribution is 9.10. The lowest BCUT2D eigenvalue weighted by molar-refractivity contribution is 1.36. The third-order valence-corrected chi connectivity index (χ3v) is 4.49. The van der Waals surface area contributed by atoms with Gasteiger partial charge >= 0.3 is 0 Å². The maximum atomic E-state index is 5.69. The van der Waals surface area contributed by atoms with Crippen molar-refractivity contribution in [3.8, 4) is 11.3 Å². The smallest absolute Gasteiger partial charge is 0.187 e. The van der Waals surface area contributed by atoms with Crippen LogP contribution < -0.4 is 11.1 Å². The van der Waals surface area contributed by atoms with Crippen LogP contribution in [0.4, 0.5) is 16.5 Å². The van der Waals surface area contributed by atoms with E-state index in [1.807, 2.05) is 36.4 Å². The molecule has 0 aliphatic heterocycles. The van der Waals surface area contributed by atoms with E-state index in [2.05, 4.69) is 45.3 Å². The quantitative estimate of drug-likeness (QED) is 0.631. The van der Waals surface area contributed by atoms with Crippen LogP contribution in [0.2, 0.25) is 0 Å². The van der Waals surface area contributed by atoms with Crippen LogP contribution in [0.3, 0.4) is 0 Å². The van der Waals surface area contributed by atoms with E-state index in [1.165, 1.54) is 4.88 Å². The zero-order valence-electron chi connectivity index (χ0n) is 11.4. The minimum Gasteiger partial charge on any atom is -0.399 e. The van der Waals surface area contributed by atoms with Gasteiger partial charge in [0, 0.05) is 26.3 Å². The summed E-state index contributed by atoms with van der Waals surface area (Å²) in [6.07, 6.45) is 0. The Bertz CT molecular complexity index is 748. The summed E-state index contributed by atoms with van der Waals surface area (Å²) in [7, 11) is 0. The summed E-state index contributed by atoms with van der Waals surface area (Å²) < 4.78 is 1.07. The molecule has 0 atom stereocenters. The van der Waals surface area contributed by atoms with Crippen LogP contribution >= 0.6 is 27.3 Å². The van der Waals surface area contributed by atoms with Gasteiger partial charge in [-0.2, -0.15) is 0 Å². The molecule has 106 valence electrons. The van der Waals surface area contributed by atoms with E-state index >= 15 is 0 Å². The molecule has 1 heterocycles. The molecule has 3 nitrogen and oxygen atoms in total. The maximum Gasteiger partial charge on any atom is 0.187 e. The van der Waals surface area contributed by atoms with E-state index in [1.54, 1.807) is 11.3 Å². The number of nitrogens with one attached hydrogen (secondary N) is 1. The number of hydrogen-bond acceptors (Lipinski definition) is 4. The average Bonchev–Trinajstić information content (AvgIpc) is 2.83. The predicted octanol–water partition coefficient (Wildman–Crippen LogP) is 5.21. The van der Waals surface area contributed by atoms with Crippen molar-refractivity contribution in [3.05, 3.63) is 57.9 Å². The number of nitrogen functional groups attached to an aromatic ring is 1.